The number of carbonyl (C=O) groups is 3. The van der Waals surface area contributed by atoms with Crippen molar-refractivity contribution in [2.45, 2.75) is 32.9 Å². The van der Waals surface area contributed by atoms with E-state index in [2.05, 4.69) is 5.32 Å². The molecule has 4 aromatic rings. The van der Waals surface area contributed by atoms with Crippen LogP contribution in [-0.2, 0) is 16.9 Å². The number of urea groups is 1. The highest BCUT2D eigenvalue weighted by Gasteiger charge is 2.51. The maximum absolute atomic E-state index is 13.3. The summed E-state index contributed by atoms with van der Waals surface area (Å²) in [4.78, 5) is 40.1. The number of benzene rings is 1. The zero-order valence-electron chi connectivity index (χ0n) is 18.5. The molecular formula is C25H23N3O5. The van der Waals surface area contributed by atoms with Crippen LogP contribution in [0.15, 0.2) is 63.6 Å². The SMILES string of the molecule is Cc1cc(C(=O)CN2C(=O)N[C@](C)(c3cc4ccccc4o3)C2=O)c(C)n1Cc1ccco1. The number of fused-ring (bicyclic) bond motifs is 1. The van der Waals surface area contributed by atoms with Crippen LogP contribution in [0, 0.1) is 13.8 Å². The molecule has 1 N–H and O–H groups in total. The minimum absolute atomic E-state index is 0.314. The molecule has 0 aliphatic carbocycles. The Hall–Kier alpha value is -4.07. The molecule has 0 bridgehead atoms. The first kappa shape index (κ1) is 20.8. The van der Waals surface area contributed by atoms with Gasteiger partial charge in [0.2, 0.25) is 0 Å². The van der Waals surface area contributed by atoms with Gasteiger partial charge in [-0.1, -0.05) is 18.2 Å². The van der Waals surface area contributed by atoms with Gasteiger partial charge in [-0.2, -0.15) is 0 Å². The number of aromatic nitrogens is 1. The minimum Gasteiger partial charge on any atom is -0.467 e. The van der Waals surface area contributed by atoms with Crippen molar-refractivity contribution < 1.29 is 23.2 Å². The van der Waals surface area contributed by atoms with E-state index in [0.29, 0.717) is 23.5 Å². The summed E-state index contributed by atoms with van der Waals surface area (Å²) in [5.41, 5.74) is 1.34. The Morgan fingerprint density at radius 1 is 1.09 bits per heavy atom. The lowest BCUT2D eigenvalue weighted by molar-refractivity contribution is -0.131. The van der Waals surface area contributed by atoms with E-state index in [4.69, 9.17) is 8.83 Å². The topological polar surface area (TPSA) is 97.7 Å². The third kappa shape index (κ3) is 3.34. The maximum Gasteiger partial charge on any atom is 0.325 e. The van der Waals surface area contributed by atoms with Gasteiger partial charge in [-0.25, -0.2) is 4.79 Å². The second-order valence-electron chi connectivity index (χ2n) is 8.47. The third-order valence-corrected chi connectivity index (χ3v) is 6.26. The maximum atomic E-state index is 13.3. The van der Waals surface area contributed by atoms with Crippen molar-refractivity contribution in [3.05, 3.63) is 83.3 Å². The molecule has 8 nitrogen and oxygen atoms in total. The van der Waals surface area contributed by atoms with Gasteiger partial charge in [0.05, 0.1) is 19.4 Å². The molecule has 3 aromatic heterocycles. The molecule has 0 unspecified atom stereocenters. The highest BCUT2D eigenvalue weighted by molar-refractivity contribution is 6.11. The Morgan fingerprint density at radius 2 is 1.88 bits per heavy atom. The number of imide groups is 1. The standard InChI is InChI=1S/C25H23N3O5/c1-15-11-19(16(2)27(15)13-18-8-6-10-32-18)20(29)14-28-23(30)25(3,26-24(28)31)22-12-17-7-4-5-9-21(17)33-22/h4-12H,13-14H2,1-3H3,(H,26,31)/t25-/m1/s1. The Kier molecular flexibility index (Phi) is 4.74. The molecule has 4 heterocycles. The van der Waals surface area contributed by atoms with E-state index < -0.39 is 17.5 Å². The molecule has 3 amide bonds. The predicted molar refractivity (Wildman–Crippen MR) is 120 cm³/mol. The number of furan rings is 2. The van der Waals surface area contributed by atoms with Crippen LogP contribution in [0.25, 0.3) is 11.0 Å². The summed E-state index contributed by atoms with van der Waals surface area (Å²) in [5.74, 6) is 0.260. The number of ketones is 1. The molecule has 0 radical (unpaired) electrons. The van der Waals surface area contributed by atoms with Crippen LogP contribution in [0.4, 0.5) is 4.79 Å². The summed E-state index contributed by atoms with van der Waals surface area (Å²) in [7, 11) is 0. The van der Waals surface area contributed by atoms with E-state index in [1.165, 1.54) is 0 Å². The van der Waals surface area contributed by atoms with Crippen LogP contribution in [0.3, 0.4) is 0 Å². The van der Waals surface area contributed by atoms with Crippen molar-refractivity contribution in [2.75, 3.05) is 6.54 Å². The molecule has 0 saturated carbocycles. The molecular weight excluding hydrogens is 422 g/mol. The average Bonchev–Trinajstić information content (AvgIpc) is 3.55. The smallest absolute Gasteiger partial charge is 0.325 e. The highest BCUT2D eigenvalue weighted by atomic mass is 16.3. The number of carbonyl (C=O) groups excluding carboxylic acids is 3. The lowest BCUT2D eigenvalue weighted by atomic mass is 9.98. The fourth-order valence-corrected chi connectivity index (χ4v) is 4.35. The Balaban J connectivity index is 1.39. The Labute approximate surface area is 189 Å². The van der Waals surface area contributed by atoms with Crippen molar-refractivity contribution in [3.63, 3.8) is 0 Å². The predicted octanol–water partition coefficient (Wildman–Crippen LogP) is 4.14. The first-order valence-electron chi connectivity index (χ1n) is 10.6. The first-order valence-corrected chi connectivity index (χ1v) is 10.6. The number of rotatable bonds is 6. The highest BCUT2D eigenvalue weighted by Crippen LogP contribution is 2.33. The second-order valence-corrected chi connectivity index (χ2v) is 8.47. The van der Waals surface area contributed by atoms with Gasteiger partial charge in [0.15, 0.2) is 11.3 Å². The van der Waals surface area contributed by atoms with E-state index in [1.807, 2.05) is 48.7 Å². The van der Waals surface area contributed by atoms with E-state index >= 15 is 0 Å². The van der Waals surface area contributed by atoms with Gasteiger partial charge in [-0.15, -0.1) is 0 Å². The fraction of sp³-hybridized carbons (Fsp3) is 0.240. The molecule has 1 aliphatic rings. The van der Waals surface area contributed by atoms with Gasteiger partial charge in [0.1, 0.15) is 17.1 Å². The van der Waals surface area contributed by atoms with Gasteiger partial charge in [-0.3, -0.25) is 14.5 Å². The average molecular weight is 445 g/mol. The quantitative estimate of drug-likeness (QED) is 0.355. The summed E-state index contributed by atoms with van der Waals surface area (Å²) in [6.07, 6.45) is 1.60. The summed E-state index contributed by atoms with van der Waals surface area (Å²) < 4.78 is 13.2. The summed E-state index contributed by atoms with van der Waals surface area (Å²) in [5, 5.41) is 3.53. The van der Waals surface area contributed by atoms with Gasteiger partial charge in [-0.05, 0) is 51.1 Å². The largest absolute Gasteiger partial charge is 0.467 e. The van der Waals surface area contributed by atoms with E-state index in [1.54, 1.807) is 31.4 Å². The van der Waals surface area contributed by atoms with Gasteiger partial charge in [0.25, 0.3) is 5.91 Å². The van der Waals surface area contributed by atoms with Crippen molar-refractivity contribution >= 4 is 28.7 Å². The molecule has 5 rings (SSSR count). The molecule has 1 aliphatic heterocycles. The molecule has 8 heteroatoms. The zero-order chi connectivity index (χ0) is 23.3. The number of nitrogens with zero attached hydrogens (tertiary/aromatic N) is 2. The van der Waals surface area contributed by atoms with E-state index in [9.17, 15) is 14.4 Å². The first-order chi connectivity index (χ1) is 15.8. The van der Waals surface area contributed by atoms with E-state index in [-0.39, 0.29) is 12.3 Å². The van der Waals surface area contributed by atoms with Gasteiger partial charge < -0.3 is 18.7 Å². The van der Waals surface area contributed by atoms with Crippen LogP contribution >= 0.6 is 0 Å². The fourth-order valence-electron chi connectivity index (χ4n) is 4.35. The third-order valence-electron chi connectivity index (χ3n) is 6.26. The Bertz CT molecular complexity index is 1360. The summed E-state index contributed by atoms with van der Waals surface area (Å²) in [6, 6.07) is 13.9. The Morgan fingerprint density at radius 3 is 2.61 bits per heavy atom. The summed E-state index contributed by atoms with van der Waals surface area (Å²) >= 11 is 0. The molecule has 1 aromatic carbocycles. The van der Waals surface area contributed by atoms with Crippen molar-refractivity contribution in [2.24, 2.45) is 0 Å². The second kappa shape index (κ2) is 7.51. The molecule has 1 fully saturated rings. The number of nitrogens with one attached hydrogen (secondary N) is 1. The van der Waals surface area contributed by atoms with Crippen molar-refractivity contribution in [1.82, 2.24) is 14.8 Å². The van der Waals surface area contributed by atoms with Crippen molar-refractivity contribution in [1.29, 1.82) is 0 Å². The number of hydrogen-bond acceptors (Lipinski definition) is 5. The zero-order valence-corrected chi connectivity index (χ0v) is 18.5. The van der Waals surface area contributed by atoms with Crippen LogP contribution in [-0.4, -0.2) is 33.7 Å². The molecule has 1 atom stereocenters. The van der Waals surface area contributed by atoms with E-state index in [0.717, 1.165) is 27.4 Å². The molecule has 0 spiro atoms. The number of amides is 3. The summed E-state index contributed by atoms with van der Waals surface area (Å²) in [6.45, 7) is 5.47. The molecule has 1 saturated heterocycles. The molecule has 168 valence electrons. The number of para-hydroxylation sites is 1. The monoisotopic (exact) mass is 445 g/mol. The lowest BCUT2D eigenvalue weighted by Gasteiger charge is -2.18. The van der Waals surface area contributed by atoms with Crippen molar-refractivity contribution in [3.8, 4) is 0 Å². The number of hydrogen-bond donors (Lipinski definition) is 1. The van der Waals surface area contributed by atoms with Crippen LogP contribution in [0.5, 0.6) is 0 Å². The molecule has 33 heavy (non-hydrogen) atoms. The van der Waals surface area contributed by atoms with Gasteiger partial charge in [0, 0.05) is 22.3 Å². The van der Waals surface area contributed by atoms with Gasteiger partial charge >= 0.3 is 6.03 Å². The minimum atomic E-state index is -1.38. The van der Waals surface area contributed by atoms with Crippen LogP contribution in [0.2, 0.25) is 0 Å². The number of aryl methyl sites for hydroxylation is 1. The normalized spacial score (nSPS) is 18.3. The lowest BCUT2D eigenvalue weighted by Crippen LogP contribution is -2.41. The number of Topliss-reactive ketones (excluding diaryl/α,β-unsaturated/α-hetero) is 1. The van der Waals surface area contributed by atoms with Crippen LogP contribution < -0.4 is 5.32 Å². The van der Waals surface area contributed by atoms with Crippen LogP contribution in [0.1, 0.15) is 40.2 Å².